The molecule has 0 radical (unpaired) electrons. The van der Waals surface area contributed by atoms with Gasteiger partial charge in [-0.3, -0.25) is 9.59 Å². The maximum Gasteiger partial charge on any atom is 0.251 e. The Morgan fingerprint density at radius 1 is 1.00 bits per heavy atom. The maximum absolute atomic E-state index is 12.8. The molecule has 2 N–H and O–H groups in total. The van der Waals surface area contributed by atoms with Gasteiger partial charge in [-0.05, 0) is 37.1 Å². The van der Waals surface area contributed by atoms with E-state index >= 15 is 0 Å². The van der Waals surface area contributed by atoms with E-state index in [9.17, 15) is 14.0 Å². The Kier molecular flexibility index (Phi) is 6.37. The van der Waals surface area contributed by atoms with Crippen molar-refractivity contribution in [3.63, 3.8) is 0 Å². The Morgan fingerprint density at radius 2 is 1.59 bits per heavy atom. The predicted octanol–water partition coefficient (Wildman–Crippen LogP) is 2.78. The molecule has 0 atom stereocenters. The molecule has 22 heavy (non-hydrogen) atoms. The molecule has 2 amide bonds. The van der Waals surface area contributed by atoms with Crippen molar-refractivity contribution in [3.05, 3.63) is 35.6 Å². The van der Waals surface area contributed by atoms with Gasteiger partial charge in [0.2, 0.25) is 5.91 Å². The highest BCUT2D eigenvalue weighted by molar-refractivity contribution is 5.96. The van der Waals surface area contributed by atoms with Gasteiger partial charge in [-0.1, -0.05) is 32.1 Å². The van der Waals surface area contributed by atoms with Crippen LogP contribution < -0.4 is 10.6 Å². The summed E-state index contributed by atoms with van der Waals surface area (Å²) < 4.78 is 12.8. The van der Waals surface area contributed by atoms with Crippen molar-refractivity contribution >= 4 is 11.8 Å². The standard InChI is InChI=1S/C17H23FN2O2/c18-14-10-8-13(9-11-14)17(22)19-12-16(21)20-15-6-4-2-1-3-5-7-15/h8-11,15H,1-7,12H2,(H,19,22)(H,20,21). The zero-order chi connectivity index (χ0) is 15.8. The lowest BCUT2D eigenvalue weighted by molar-refractivity contribution is -0.120. The molecular formula is C17H23FN2O2. The number of nitrogens with one attached hydrogen (secondary N) is 2. The first-order chi connectivity index (χ1) is 10.6. The van der Waals surface area contributed by atoms with E-state index in [0.717, 1.165) is 25.7 Å². The van der Waals surface area contributed by atoms with Gasteiger partial charge in [-0.25, -0.2) is 4.39 Å². The smallest absolute Gasteiger partial charge is 0.251 e. The van der Waals surface area contributed by atoms with Crippen molar-refractivity contribution in [1.29, 1.82) is 0 Å². The van der Waals surface area contributed by atoms with Crippen LogP contribution in [0.15, 0.2) is 24.3 Å². The summed E-state index contributed by atoms with van der Waals surface area (Å²) in [5.41, 5.74) is 0.347. The Hall–Kier alpha value is -1.91. The second-order valence-corrected chi connectivity index (χ2v) is 5.80. The molecule has 0 unspecified atom stereocenters. The zero-order valence-corrected chi connectivity index (χ0v) is 12.7. The molecule has 0 aromatic heterocycles. The monoisotopic (exact) mass is 306 g/mol. The second kappa shape index (κ2) is 8.51. The minimum absolute atomic E-state index is 0.0489. The molecule has 1 aromatic rings. The molecule has 0 aliphatic heterocycles. The minimum atomic E-state index is -0.390. The topological polar surface area (TPSA) is 58.2 Å². The van der Waals surface area contributed by atoms with Crippen LogP contribution in [0.3, 0.4) is 0 Å². The number of carbonyl (C=O) groups is 2. The van der Waals surface area contributed by atoms with Gasteiger partial charge < -0.3 is 10.6 Å². The minimum Gasteiger partial charge on any atom is -0.352 e. The third-order valence-electron chi connectivity index (χ3n) is 3.99. The Morgan fingerprint density at radius 3 is 2.23 bits per heavy atom. The molecule has 120 valence electrons. The van der Waals surface area contributed by atoms with Gasteiger partial charge in [0.25, 0.3) is 5.91 Å². The van der Waals surface area contributed by atoms with Crippen molar-refractivity contribution in [3.8, 4) is 0 Å². The molecule has 1 saturated carbocycles. The first kappa shape index (κ1) is 16.5. The predicted molar refractivity (Wildman–Crippen MR) is 83.0 cm³/mol. The van der Waals surface area contributed by atoms with E-state index in [0.29, 0.717) is 5.56 Å². The zero-order valence-electron chi connectivity index (χ0n) is 12.7. The molecule has 1 aliphatic rings. The van der Waals surface area contributed by atoms with Crippen LogP contribution in [0, 0.1) is 5.82 Å². The summed E-state index contributed by atoms with van der Waals surface area (Å²) in [5.74, 6) is -0.924. The highest BCUT2D eigenvalue weighted by Crippen LogP contribution is 2.16. The Labute approximate surface area is 130 Å². The molecule has 0 spiro atoms. The second-order valence-electron chi connectivity index (χ2n) is 5.80. The molecule has 1 aromatic carbocycles. The highest BCUT2D eigenvalue weighted by Gasteiger charge is 2.14. The molecule has 0 heterocycles. The average molecular weight is 306 g/mol. The fourth-order valence-corrected chi connectivity index (χ4v) is 2.74. The first-order valence-electron chi connectivity index (χ1n) is 7.98. The van der Waals surface area contributed by atoms with Gasteiger partial charge in [0.05, 0.1) is 6.54 Å². The average Bonchev–Trinajstić information content (AvgIpc) is 2.48. The number of amides is 2. The van der Waals surface area contributed by atoms with Crippen molar-refractivity contribution in [1.82, 2.24) is 10.6 Å². The summed E-state index contributed by atoms with van der Waals surface area (Å²) in [5, 5.41) is 5.55. The number of benzene rings is 1. The van der Waals surface area contributed by atoms with Gasteiger partial charge in [0.1, 0.15) is 5.82 Å². The van der Waals surface area contributed by atoms with Crippen molar-refractivity contribution < 1.29 is 14.0 Å². The molecule has 1 aliphatic carbocycles. The van der Waals surface area contributed by atoms with Gasteiger partial charge in [0.15, 0.2) is 0 Å². The van der Waals surface area contributed by atoms with E-state index < -0.39 is 5.82 Å². The van der Waals surface area contributed by atoms with E-state index in [2.05, 4.69) is 10.6 Å². The first-order valence-corrected chi connectivity index (χ1v) is 7.98. The lowest BCUT2D eigenvalue weighted by atomic mass is 9.97. The summed E-state index contributed by atoms with van der Waals surface area (Å²) in [4.78, 5) is 23.8. The summed E-state index contributed by atoms with van der Waals surface area (Å²) in [6.45, 7) is -0.0489. The fraction of sp³-hybridized carbons (Fsp3) is 0.529. The van der Waals surface area contributed by atoms with E-state index in [1.54, 1.807) is 0 Å². The normalized spacial score (nSPS) is 16.4. The van der Waals surface area contributed by atoms with Crippen LogP contribution in [0.5, 0.6) is 0 Å². The number of rotatable bonds is 4. The van der Waals surface area contributed by atoms with Crippen LogP contribution in [0.4, 0.5) is 4.39 Å². The summed E-state index contributed by atoms with van der Waals surface area (Å²) in [7, 11) is 0. The largest absolute Gasteiger partial charge is 0.352 e. The highest BCUT2D eigenvalue weighted by atomic mass is 19.1. The lowest BCUT2D eigenvalue weighted by Gasteiger charge is -2.21. The van der Waals surface area contributed by atoms with E-state index in [1.165, 1.54) is 43.5 Å². The Balaban J connectivity index is 1.74. The lowest BCUT2D eigenvalue weighted by Crippen LogP contribution is -2.42. The molecule has 2 rings (SSSR count). The van der Waals surface area contributed by atoms with Gasteiger partial charge in [-0.2, -0.15) is 0 Å². The molecule has 0 saturated heterocycles. The van der Waals surface area contributed by atoms with Crippen LogP contribution >= 0.6 is 0 Å². The van der Waals surface area contributed by atoms with Gasteiger partial charge in [-0.15, -0.1) is 0 Å². The van der Waals surface area contributed by atoms with Gasteiger partial charge >= 0.3 is 0 Å². The molecular weight excluding hydrogens is 283 g/mol. The van der Waals surface area contributed by atoms with Crippen LogP contribution in [-0.4, -0.2) is 24.4 Å². The van der Waals surface area contributed by atoms with Crippen molar-refractivity contribution in [2.24, 2.45) is 0 Å². The molecule has 4 nitrogen and oxygen atoms in total. The number of halogens is 1. The van der Waals surface area contributed by atoms with E-state index in [1.807, 2.05) is 0 Å². The SMILES string of the molecule is O=C(CNC(=O)c1ccc(F)cc1)NC1CCCCCCC1. The molecule has 1 fully saturated rings. The van der Waals surface area contributed by atoms with Crippen LogP contribution in [0.25, 0.3) is 0 Å². The van der Waals surface area contributed by atoms with Crippen molar-refractivity contribution in [2.75, 3.05) is 6.54 Å². The summed E-state index contributed by atoms with van der Waals surface area (Å²) in [6, 6.07) is 5.47. The quantitative estimate of drug-likeness (QED) is 0.898. The van der Waals surface area contributed by atoms with E-state index in [4.69, 9.17) is 0 Å². The fourth-order valence-electron chi connectivity index (χ4n) is 2.74. The van der Waals surface area contributed by atoms with Crippen LogP contribution in [0.2, 0.25) is 0 Å². The number of hydrogen-bond acceptors (Lipinski definition) is 2. The number of carbonyl (C=O) groups excluding carboxylic acids is 2. The third kappa shape index (κ3) is 5.47. The summed E-state index contributed by atoms with van der Waals surface area (Å²) in [6.07, 6.45) is 8.06. The van der Waals surface area contributed by atoms with Crippen LogP contribution in [-0.2, 0) is 4.79 Å². The van der Waals surface area contributed by atoms with Crippen molar-refractivity contribution in [2.45, 2.75) is 51.0 Å². The Bertz CT molecular complexity index is 494. The summed E-state index contributed by atoms with van der Waals surface area (Å²) >= 11 is 0. The maximum atomic E-state index is 12.8. The third-order valence-corrected chi connectivity index (χ3v) is 3.99. The molecule has 5 heteroatoms. The van der Waals surface area contributed by atoms with E-state index in [-0.39, 0.29) is 24.4 Å². The number of hydrogen-bond donors (Lipinski definition) is 2. The van der Waals surface area contributed by atoms with Gasteiger partial charge in [0, 0.05) is 11.6 Å². The van der Waals surface area contributed by atoms with Crippen LogP contribution in [0.1, 0.15) is 55.3 Å². The molecule has 0 bridgehead atoms.